The first-order valence-corrected chi connectivity index (χ1v) is 17.0. The third-order valence-corrected chi connectivity index (χ3v) is 10.3. The van der Waals surface area contributed by atoms with Gasteiger partial charge in [-0.15, -0.1) is 6.42 Å². The zero-order valence-electron chi connectivity index (χ0n) is 29.0. The van der Waals surface area contributed by atoms with Crippen molar-refractivity contribution in [3.63, 3.8) is 0 Å². The van der Waals surface area contributed by atoms with E-state index in [9.17, 15) is 27.6 Å². The van der Waals surface area contributed by atoms with Gasteiger partial charge in [0.2, 0.25) is 10.0 Å². The molecule has 2 N–H and O–H groups in total. The van der Waals surface area contributed by atoms with Crippen molar-refractivity contribution >= 4 is 45.5 Å². The number of carbonyl (C=O) groups is 4. The number of methoxy groups -OCH3 is 2. The number of nitrogens with one attached hydrogen (secondary N) is 2. The van der Waals surface area contributed by atoms with Crippen molar-refractivity contribution in [1.82, 2.24) is 14.6 Å². The van der Waals surface area contributed by atoms with Crippen molar-refractivity contribution in [1.29, 1.82) is 0 Å². The number of ether oxygens (including phenoxy) is 4. The maximum Gasteiger partial charge on any atom is 0.412 e. The molecule has 1 aliphatic carbocycles. The summed E-state index contributed by atoms with van der Waals surface area (Å²) in [5.41, 5.74) is 1.85. The van der Waals surface area contributed by atoms with Gasteiger partial charge in [0.25, 0.3) is 0 Å². The number of carbonyl (C=O) groups excluding carboxylic acids is 4. The highest BCUT2D eigenvalue weighted by atomic mass is 32.2. The average molecular weight is 730 g/mol. The Bertz CT molecular complexity index is 1870. The molecule has 0 unspecified atom stereocenters. The number of aryl methyl sites for hydroxylation is 5. The van der Waals surface area contributed by atoms with Crippen molar-refractivity contribution in [2.45, 2.75) is 58.1 Å². The smallest absolute Gasteiger partial charge is 0.412 e. The minimum Gasteiger partial charge on any atom is -0.469 e. The number of anilines is 2. The molecule has 0 radical (unpaired) electrons. The Kier molecular flexibility index (Phi) is 12.1. The van der Waals surface area contributed by atoms with Crippen LogP contribution >= 0.6 is 0 Å². The number of terminal acetylenes is 1. The molecule has 1 fully saturated rings. The molecule has 4 rings (SSSR count). The van der Waals surface area contributed by atoms with Gasteiger partial charge in [0.1, 0.15) is 35.0 Å². The lowest BCUT2D eigenvalue weighted by Crippen LogP contribution is -2.58. The Morgan fingerprint density at radius 2 is 1.41 bits per heavy atom. The van der Waals surface area contributed by atoms with E-state index in [0.29, 0.717) is 11.4 Å². The number of esters is 2. The molecule has 5 atom stereocenters. The van der Waals surface area contributed by atoms with E-state index in [-0.39, 0.29) is 27.8 Å². The number of benzene rings is 1. The van der Waals surface area contributed by atoms with E-state index >= 15 is 0 Å². The molecule has 0 spiro atoms. The number of amides is 2. The van der Waals surface area contributed by atoms with Crippen LogP contribution in [-0.2, 0) is 38.6 Å². The first-order valence-electron chi connectivity index (χ1n) is 15.6. The molecule has 1 aliphatic rings. The summed E-state index contributed by atoms with van der Waals surface area (Å²) in [6.07, 6.45) is 0.0293. The minimum absolute atomic E-state index is 0.112. The SMILES string of the molecule is C#CCN(C[C@H]1[C@H](OC(=O)Nc2c(C)noc2C)[C@H](OC(=O)Nc2c(C)noc2C)C[C@@H](C(=O)OC)[C@H]1C(=O)OC)S(=O)(=O)c1ccc(C)cc1. The largest absolute Gasteiger partial charge is 0.469 e. The highest BCUT2D eigenvalue weighted by Crippen LogP contribution is 2.41. The second-order valence-electron chi connectivity index (χ2n) is 11.9. The zero-order valence-corrected chi connectivity index (χ0v) is 29.9. The molecule has 1 saturated carbocycles. The normalized spacial score (nSPS) is 20.2. The number of rotatable bonds is 11. The molecule has 274 valence electrons. The fraction of sp³-hybridized carbons (Fsp3) is 0.455. The Hall–Kier alpha value is -5.41. The van der Waals surface area contributed by atoms with Gasteiger partial charge in [-0.1, -0.05) is 33.9 Å². The molecule has 2 amide bonds. The van der Waals surface area contributed by atoms with E-state index in [1.807, 2.05) is 0 Å². The van der Waals surface area contributed by atoms with Crippen LogP contribution < -0.4 is 10.6 Å². The van der Waals surface area contributed by atoms with Crippen molar-refractivity contribution in [2.24, 2.45) is 17.8 Å². The molecule has 0 bridgehead atoms. The number of hydrogen-bond donors (Lipinski definition) is 2. The van der Waals surface area contributed by atoms with Crippen molar-refractivity contribution < 1.29 is 55.6 Å². The molecule has 1 aromatic carbocycles. The van der Waals surface area contributed by atoms with Crippen LogP contribution in [0.4, 0.5) is 21.0 Å². The second kappa shape index (κ2) is 16.1. The van der Waals surface area contributed by atoms with Crippen molar-refractivity contribution in [2.75, 3.05) is 37.9 Å². The molecule has 0 saturated heterocycles. The van der Waals surface area contributed by atoms with Gasteiger partial charge in [0, 0.05) is 18.9 Å². The predicted octanol–water partition coefficient (Wildman–Crippen LogP) is 3.66. The van der Waals surface area contributed by atoms with Gasteiger partial charge in [-0.2, -0.15) is 4.31 Å². The van der Waals surface area contributed by atoms with Crippen LogP contribution in [0.1, 0.15) is 34.9 Å². The molecule has 2 aromatic heterocycles. The summed E-state index contributed by atoms with van der Waals surface area (Å²) in [6.45, 7) is 6.95. The van der Waals surface area contributed by atoms with E-state index in [1.165, 1.54) is 12.1 Å². The van der Waals surface area contributed by atoms with Gasteiger partial charge in [-0.3, -0.25) is 20.2 Å². The quantitative estimate of drug-likeness (QED) is 0.164. The first-order chi connectivity index (χ1) is 24.1. The lowest BCUT2D eigenvalue weighted by molar-refractivity contribution is -0.174. The zero-order chi connectivity index (χ0) is 37.6. The summed E-state index contributed by atoms with van der Waals surface area (Å²) in [5.74, 6) is -3.24. The molecule has 18 heteroatoms. The van der Waals surface area contributed by atoms with Crippen LogP contribution in [0.15, 0.2) is 38.2 Å². The van der Waals surface area contributed by atoms with Crippen LogP contribution in [0.2, 0.25) is 0 Å². The van der Waals surface area contributed by atoms with E-state index in [4.69, 9.17) is 34.4 Å². The van der Waals surface area contributed by atoms with Gasteiger partial charge in [0.15, 0.2) is 11.5 Å². The van der Waals surface area contributed by atoms with Crippen LogP contribution in [0.25, 0.3) is 0 Å². The summed E-state index contributed by atoms with van der Waals surface area (Å²) in [7, 11) is -2.18. The standard InChI is InChI=1S/C33H39N5O12S/c1-9-14-38(51(43,44)22-12-10-17(2)11-13-22)16-24-26(31(40)46-8)23(30(39)45-7)15-25(47-32(41)34-27-18(3)36-49-20(27)5)29(24)48-33(42)35-28-19(4)37-50-21(28)6/h1,10-13,23-26,29H,14-16H2,2-8H3,(H,34,41)(H,35,42)/t23-,24-,25-,26-,29+/m1/s1. The third kappa shape index (κ3) is 8.49. The summed E-state index contributed by atoms with van der Waals surface area (Å²) in [5, 5.41) is 12.6. The summed E-state index contributed by atoms with van der Waals surface area (Å²) in [6, 6.07) is 5.97. The van der Waals surface area contributed by atoms with Gasteiger partial charge in [-0.05, 0) is 46.8 Å². The number of nitrogens with zero attached hydrogens (tertiary/aromatic N) is 3. The minimum atomic E-state index is -4.36. The predicted molar refractivity (Wildman–Crippen MR) is 178 cm³/mol. The number of hydrogen-bond acceptors (Lipinski definition) is 14. The van der Waals surface area contributed by atoms with E-state index in [2.05, 4.69) is 26.9 Å². The Morgan fingerprint density at radius 3 is 1.88 bits per heavy atom. The van der Waals surface area contributed by atoms with E-state index in [1.54, 1.807) is 46.8 Å². The molecule has 3 aromatic rings. The highest BCUT2D eigenvalue weighted by Gasteiger charge is 2.55. The van der Waals surface area contributed by atoms with Gasteiger partial charge in [-0.25, -0.2) is 18.0 Å². The average Bonchev–Trinajstić information content (AvgIpc) is 3.58. The molecule has 0 aliphatic heterocycles. The first kappa shape index (κ1) is 38.4. The molecular weight excluding hydrogens is 690 g/mol. The number of aromatic nitrogens is 2. The highest BCUT2D eigenvalue weighted by molar-refractivity contribution is 7.89. The third-order valence-electron chi connectivity index (χ3n) is 8.51. The second-order valence-corrected chi connectivity index (χ2v) is 13.8. The maximum atomic E-state index is 14.0. The fourth-order valence-electron chi connectivity index (χ4n) is 5.97. The number of sulfonamides is 1. The maximum absolute atomic E-state index is 14.0. The van der Waals surface area contributed by atoms with Crippen LogP contribution in [0.5, 0.6) is 0 Å². The fourth-order valence-corrected chi connectivity index (χ4v) is 7.36. The lowest BCUT2D eigenvalue weighted by atomic mass is 9.68. The van der Waals surface area contributed by atoms with E-state index in [0.717, 1.165) is 24.1 Å². The van der Waals surface area contributed by atoms with Gasteiger partial charge < -0.3 is 28.0 Å². The van der Waals surface area contributed by atoms with Gasteiger partial charge in [0.05, 0.1) is 37.5 Å². The molecule has 2 heterocycles. The van der Waals surface area contributed by atoms with Crippen molar-refractivity contribution in [3.8, 4) is 12.3 Å². The summed E-state index contributed by atoms with van der Waals surface area (Å²) in [4.78, 5) is 53.6. The Labute approximate surface area is 294 Å². The topological polar surface area (TPSA) is 219 Å². The van der Waals surface area contributed by atoms with Crippen LogP contribution in [-0.4, -0.2) is 86.7 Å². The Balaban J connectivity index is 1.84. The Morgan fingerprint density at radius 1 is 0.882 bits per heavy atom. The van der Waals surface area contributed by atoms with Crippen LogP contribution in [0, 0.1) is 64.7 Å². The molecular formula is C33H39N5O12S. The molecule has 51 heavy (non-hydrogen) atoms. The lowest BCUT2D eigenvalue weighted by Gasteiger charge is -2.44. The van der Waals surface area contributed by atoms with Crippen LogP contribution in [0.3, 0.4) is 0 Å². The monoisotopic (exact) mass is 729 g/mol. The summed E-state index contributed by atoms with van der Waals surface area (Å²) >= 11 is 0. The van der Waals surface area contributed by atoms with Gasteiger partial charge >= 0.3 is 24.1 Å². The molecule has 17 nitrogen and oxygen atoms in total. The van der Waals surface area contributed by atoms with Crippen molar-refractivity contribution in [3.05, 3.63) is 52.7 Å². The van der Waals surface area contributed by atoms with E-state index < -0.39 is 83.6 Å². The summed E-state index contributed by atoms with van der Waals surface area (Å²) < 4.78 is 60.9.